The maximum Gasteiger partial charge on any atom is 0.254 e. The van der Waals surface area contributed by atoms with Gasteiger partial charge in [-0.2, -0.15) is 5.06 Å². The summed E-state index contributed by atoms with van der Waals surface area (Å²) in [4.78, 5) is 19.1. The summed E-state index contributed by atoms with van der Waals surface area (Å²) in [5, 5.41) is 10.9. The molecule has 1 fully saturated rings. The summed E-state index contributed by atoms with van der Waals surface area (Å²) in [6, 6.07) is 2.56. The molecule has 1 amide bonds. The Morgan fingerprint density at radius 3 is 2.62 bits per heavy atom. The van der Waals surface area contributed by atoms with Gasteiger partial charge in [-0.3, -0.25) is 4.79 Å². The second-order valence-corrected chi connectivity index (χ2v) is 5.45. The first-order valence-electron chi connectivity index (χ1n) is 6.68. The second-order valence-electron chi connectivity index (χ2n) is 5.04. The lowest BCUT2D eigenvalue weighted by Crippen LogP contribution is -2.45. The van der Waals surface area contributed by atoms with Crippen molar-refractivity contribution in [2.75, 3.05) is 27.2 Å². The zero-order valence-electron chi connectivity index (χ0n) is 12.0. The fourth-order valence-electron chi connectivity index (χ4n) is 2.45. The average Bonchev–Trinajstić information content (AvgIpc) is 2.50. The lowest BCUT2D eigenvalue weighted by molar-refractivity contribution is -0.149. The molecular weight excluding hydrogens is 299 g/mol. The average molecular weight is 317 g/mol. The van der Waals surface area contributed by atoms with Gasteiger partial charge in [-0.05, 0) is 25.0 Å². The second kappa shape index (κ2) is 6.60. The van der Waals surface area contributed by atoms with Crippen molar-refractivity contribution in [1.82, 2.24) is 9.96 Å². The summed E-state index contributed by atoms with van der Waals surface area (Å²) >= 11 is 5.70. The fourth-order valence-corrected chi connectivity index (χ4v) is 2.66. The number of likely N-dealkylation sites (tertiary alicyclic amines) is 1. The number of benzene rings is 1. The van der Waals surface area contributed by atoms with Crippen molar-refractivity contribution in [3.63, 3.8) is 0 Å². The van der Waals surface area contributed by atoms with Crippen molar-refractivity contribution in [3.05, 3.63) is 28.5 Å². The van der Waals surface area contributed by atoms with Gasteiger partial charge in [-0.25, -0.2) is 4.39 Å². The van der Waals surface area contributed by atoms with Crippen LogP contribution in [0.25, 0.3) is 0 Å². The maximum atomic E-state index is 13.5. The van der Waals surface area contributed by atoms with Crippen molar-refractivity contribution in [2.45, 2.75) is 18.9 Å². The number of hydroxylamine groups is 2. The maximum absolute atomic E-state index is 13.5. The van der Waals surface area contributed by atoms with Gasteiger partial charge in [0.15, 0.2) is 11.6 Å². The lowest BCUT2D eigenvalue weighted by atomic mass is 10.0. The van der Waals surface area contributed by atoms with Gasteiger partial charge in [-0.15, -0.1) is 0 Å². The molecule has 21 heavy (non-hydrogen) atoms. The van der Waals surface area contributed by atoms with Gasteiger partial charge in [0.1, 0.15) is 0 Å². The number of nitrogens with zero attached hydrogens (tertiary/aromatic N) is 2. The van der Waals surface area contributed by atoms with Crippen LogP contribution in [0.3, 0.4) is 0 Å². The van der Waals surface area contributed by atoms with Crippen LogP contribution in [0.15, 0.2) is 12.1 Å². The van der Waals surface area contributed by atoms with Crippen LogP contribution in [-0.2, 0) is 4.84 Å². The molecule has 0 radical (unpaired) electrons. The van der Waals surface area contributed by atoms with E-state index in [0.29, 0.717) is 13.1 Å². The number of rotatable bonds is 3. The number of phenols is 1. The molecule has 1 heterocycles. The first kappa shape index (κ1) is 16.0. The molecule has 1 aromatic carbocycles. The largest absolute Gasteiger partial charge is 0.504 e. The number of amides is 1. The topological polar surface area (TPSA) is 53.0 Å². The minimum Gasteiger partial charge on any atom is -0.504 e. The molecule has 0 aliphatic carbocycles. The van der Waals surface area contributed by atoms with E-state index in [0.717, 1.165) is 18.9 Å². The zero-order chi connectivity index (χ0) is 15.6. The van der Waals surface area contributed by atoms with Crippen molar-refractivity contribution in [3.8, 4) is 5.75 Å². The molecule has 0 spiro atoms. The Balaban J connectivity index is 2.05. The predicted octanol–water partition coefficient (Wildman–Crippen LogP) is 2.28. The van der Waals surface area contributed by atoms with Crippen molar-refractivity contribution < 1.29 is 19.1 Å². The van der Waals surface area contributed by atoms with E-state index < -0.39 is 11.6 Å². The number of carbonyl (C=O) groups is 1. The summed E-state index contributed by atoms with van der Waals surface area (Å²) < 4.78 is 13.5. The van der Waals surface area contributed by atoms with Gasteiger partial charge in [0.05, 0.1) is 12.1 Å². The number of carbonyl (C=O) groups excluding carboxylic acids is 1. The minimum absolute atomic E-state index is 0.147. The molecule has 0 bridgehead atoms. The summed E-state index contributed by atoms with van der Waals surface area (Å²) in [6.45, 7) is 1.13. The van der Waals surface area contributed by atoms with E-state index in [-0.39, 0.29) is 22.5 Å². The van der Waals surface area contributed by atoms with E-state index in [1.807, 2.05) is 7.05 Å². The molecule has 7 heteroatoms. The van der Waals surface area contributed by atoms with Crippen LogP contribution in [0.4, 0.5) is 4.39 Å². The predicted molar refractivity (Wildman–Crippen MR) is 76.8 cm³/mol. The highest BCUT2D eigenvalue weighted by molar-refractivity contribution is 6.32. The van der Waals surface area contributed by atoms with Crippen LogP contribution >= 0.6 is 11.6 Å². The molecule has 1 N–H and O–H groups in total. The molecule has 0 saturated carbocycles. The summed E-state index contributed by atoms with van der Waals surface area (Å²) in [5.74, 6) is -1.80. The number of aromatic hydroxyl groups is 1. The van der Waals surface area contributed by atoms with Crippen LogP contribution in [-0.4, -0.2) is 54.3 Å². The van der Waals surface area contributed by atoms with Gasteiger partial charge in [0.2, 0.25) is 0 Å². The van der Waals surface area contributed by atoms with Crippen LogP contribution in [0.5, 0.6) is 5.75 Å². The van der Waals surface area contributed by atoms with Crippen molar-refractivity contribution >= 4 is 17.5 Å². The normalized spacial score (nSPS) is 16.5. The van der Waals surface area contributed by atoms with E-state index >= 15 is 0 Å². The highest BCUT2D eigenvalue weighted by atomic mass is 35.5. The standard InChI is InChI=1S/C14H18ClFN2O3/c1-17(21-2)10-3-5-18(6-4-10)14(20)9-7-11(15)13(19)12(16)8-9/h7-8,10,19H,3-6H2,1-2H3. The number of piperidine rings is 1. The van der Waals surface area contributed by atoms with Gasteiger partial charge in [-0.1, -0.05) is 11.6 Å². The number of hydrogen-bond acceptors (Lipinski definition) is 4. The Labute approximate surface area is 127 Å². The third-order valence-electron chi connectivity index (χ3n) is 3.82. The number of halogens is 2. The third kappa shape index (κ3) is 3.45. The Hall–Kier alpha value is -1.37. The zero-order valence-corrected chi connectivity index (χ0v) is 12.7. The Morgan fingerprint density at radius 2 is 2.10 bits per heavy atom. The van der Waals surface area contributed by atoms with Crippen molar-refractivity contribution in [1.29, 1.82) is 0 Å². The lowest BCUT2D eigenvalue weighted by Gasteiger charge is -2.35. The summed E-state index contributed by atoms with van der Waals surface area (Å²) in [7, 11) is 3.47. The van der Waals surface area contributed by atoms with Crippen LogP contribution in [0.2, 0.25) is 5.02 Å². The highest BCUT2D eigenvalue weighted by Gasteiger charge is 2.26. The smallest absolute Gasteiger partial charge is 0.254 e. The first-order valence-corrected chi connectivity index (χ1v) is 7.06. The Kier molecular flexibility index (Phi) is 5.03. The molecule has 1 saturated heterocycles. The minimum atomic E-state index is -0.889. The molecule has 5 nitrogen and oxygen atoms in total. The molecule has 0 atom stereocenters. The van der Waals surface area contributed by atoms with Crippen molar-refractivity contribution in [2.24, 2.45) is 0 Å². The van der Waals surface area contributed by atoms with Crippen LogP contribution < -0.4 is 0 Å². The van der Waals surface area contributed by atoms with Gasteiger partial charge in [0.25, 0.3) is 5.91 Å². The van der Waals surface area contributed by atoms with Gasteiger partial charge >= 0.3 is 0 Å². The van der Waals surface area contributed by atoms with Gasteiger partial charge < -0.3 is 14.8 Å². The number of phenolic OH excluding ortho intramolecular Hbond substituents is 1. The Bertz CT molecular complexity index is 510. The van der Waals surface area contributed by atoms with E-state index in [9.17, 15) is 14.3 Å². The molecule has 0 unspecified atom stereocenters. The molecular formula is C14H18ClFN2O3. The SMILES string of the molecule is CON(C)C1CCN(C(=O)c2cc(F)c(O)c(Cl)c2)CC1. The highest BCUT2D eigenvalue weighted by Crippen LogP contribution is 2.28. The molecule has 1 aliphatic heterocycles. The molecule has 2 rings (SSSR count). The van der Waals surface area contributed by atoms with E-state index in [1.165, 1.54) is 6.07 Å². The van der Waals surface area contributed by atoms with E-state index in [1.54, 1.807) is 17.1 Å². The van der Waals surface area contributed by atoms with E-state index in [4.69, 9.17) is 16.4 Å². The number of hydrogen-bond donors (Lipinski definition) is 1. The Morgan fingerprint density at radius 1 is 1.48 bits per heavy atom. The third-order valence-corrected chi connectivity index (χ3v) is 4.11. The van der Waals surface area contributed by atoms with Gasteiger partial charge in [0, 0.05) is 31.7 Å². The van der Waals surface area contributed by atoms with Crippen LogP contribution in [0.1, 0.15) is 23.2 Å². The molecule has 1 aliphatic rings. The van der Waals surface area contributed by atoms with Crippen LogP contribution in [0, 0.1) is 5.82 Å². The molecule has 116 valence electrons. The summed E-state index contributed by atoms with van der Waals surface area (Å²) in [6.07, 6.45) is 1.56. The quantitative estimate of drug-likeness (QED) is 0.869. The monoisotopic (exact) mass is 316 g/mol. The fraction of sp³-hybridized carbons (Fsp3) is 0.500. The molecule has 1 aromatic rings. The molecule has 0 aromatic heterocycles. The van der Waals surface area contributed by atoms with E-state index in [2.05, 4.69) is 0 Å². The summed E-state index contributed by atoms with van der Waals surface area (Å²) in [5.41, 5.74) is 0.147. The first-order chi connectivity index (χ1) is 9.93.